The average molecular weight is 320 g/mol. The zero-order valence-corrected chi connectivity index (χ0v) is 12.6. The lowest BCUT2D eigenvalue weighted by Crippen LogP contribution is -2.27. The first-order valence-electron chi connectivity index (χ1n) is 6.01. The molecular formula is C12H17O6PS. The van der Waals surface area contributed by atoms with E-state index in [1.54, 1.807) is 16.8 Å². The third kappa shape index (κ3) is 4.74. The van der Waals surface area contributed by atoms with Gasteiger partial charge >= 0.3 is 11.9 Å². The van der Waals surface area contributed by atoms with E-state index < -0.39 is 30.9 Å². The van der Waals surface area contributed by atoms with Crippen molar-refractivity contribution in [3.8, 4) is 0 Å². The second kappa shape index (κ2) is 7.02. The van der Waals surface area contributed by atoms with Crippen LogP contribution in [0.1, 0.15) is 25.3 Å². The Kier molecular flexibility index (Phi) is 5.92. The van der Waals surface area contributed by atoms with Gasteiger partial charge in [0.05, 0.1) is 12.1 Å². The Balaban J connectivity index is 2.81. The van der Waals surface area contributed by atoms with Crippen LogP contribution in [0, 0.1) is 5.92 Å². The Morgan fingerprint density at radius 2 is 2.05 bits per heavy atom. The summed E-state index contributed by atoms with van der Waals surface area (Å²) in [5.41, 5.74) is -0.297. The summed E-state index contributed by atoms with van der Waals surface area (Å²) in [6, 6.07) is 1.72. The van der Waals surface area contributed by atoms with Crippen molar-refractivity contribution >= 4 is 30.6 Å². The topological polar surface area (TPSA) is 112 Å². The summed E-state index contributed by atoms with van der Waals surface area (Å²) in [6.45, 7) is 1.40. The van der Waals surface area contributed by atoms with E-state index in [0.717, 1.165) is 0 Å². The first-order valence-corrected chi connectivity index (χ1v) is 8.87. The molecule has 0 saturated carbocycles. The second-order valence-corrected chi connectivity index (χ2v) is 8.09. The molecule has 1 rings (SSSR count). The number of carbonyl (C=O) groups is 2. The predicted molar refractivity (Wildman–Crippen MR) is 75.3 cm³/mol. The quantitative estimate of drug-likeness (QED) is 0.634. The molecule has 0 aliphatic carbocycles. The van der Waals surface area contributed by atoms with Crippen LogP contribution in [0.5, 0.6) is 0 Å². The Labute approximate surface area is 120 Å². The number of carboxylic acids is 2. The molecule has 20 heavy (non-hydrogen) atoms. The Morgan fingerprint density at radius 3 is 2.50 bits per heavy atom. The molecule has 0 aliphatic heterocycles. The lowest BCUT2D eigenvalue weighted by Gasteiger charge is -2.24. The molecule has 0 fully saturated rings. The van der Waals surface area contributed by atoms with Gasteiger partial charge in [-0.1, -0.05) is 6.92 Å². The van der Waals surface area contributed by atoms with Crippen molar-refractivity contribution in [3.05, 3.63) is 22.4 Å². The Hall–Kier alpha value is -1.17. The zero-order valence-electron chi connectivity index (χ0n) is 10.9. The summed E-state index contributed by atoms with van der Waals surface area (Å²) in [5, 5.41) is 21.3. The molecule has 1 aromatic heterocycles. The van der Waals surface area contributed by atoms with Gasteiger partial charge in [-0.3, -0.25) is 14.2 Å². The molecule has 8 heteroatoms. The van der Waals surface area contributed by atoms with Crippen LogP contribution in [0.25, 0.3) is 0 Å². The van der Waals surface area contributed by atoms with Crippen molar-refractivity contribution in [2.75, 3.05) is 0 Å². The molecule has 0 aromatic carbocycles. The summed E-state index contributed by atoms with van der Waals surface area (Å²) >= 11 is 1.39. The molecule has 0 spiro atoms. The molecule has 0 amide bonds. The van der Waals surface area contributed by atoms with Crippen molar-refractivity contribution in [3.63, 3.8) is 0 Å². The van der Waals surface area contributed by atoms with Crippen LogP contribution in [-0.2, 0) is 20.3 Å². The van der Waals surface area contributed by atoms with Gasteiger partial charge < -0.3 is 15.1 Å². The van der Waals surface area contributed by atoms with E-state index in [0.29, 0.717) is 5.56 Å². The highest BCUT2D eigenvalue weighted by Crippen LogP contribution is 2.53. The highest BCUT2D eigenvalue weighted by molar-refractivity contribution is 7.58. The molecule has 3 N–H and O–H groups in total. The van der Waals surface area contributed by atoms with Gasteiger partial charge in [0.25, 0.3) is 0 Å². The fraction of sp³-hybridized carbons (Fsp3) is 0.500. The van der Waals surface area contributed by atoms with Gasteiger partial charge in [-0.05, 0) is 28.8 Å². The van der Waals surface area contributed by atoms with Crippen molar-refractivity contribution in [2.24, 2.45) is 5.92 Å². The maximum Gasteiger partial charge on any atom is 0.307 e. The van der Waals surface area contributed by atoms with Crippen LogP contribution in [0.4, 0.5) is 0 Å². The summed E-state index contributed by atoms with van der Waals surface area (Å²) in [4.78, 5) is 31.8. The SMILES string of the molecule is CC(C(CCC(=O)O)C(=O)O)P(=O)(O)Cc1ccsc1. The van der Waals surface area contributed by atoms with Crippen LogP contribution >= 0.6 is 18.7 Å². The van der Waals surface area contributed by atoms with Crippen LogP contribution in [0.15, 0.2) is 16.8 Å². The average Bonchev–Trinajstić information content (AvgIpc) is 2.80. The molecule has 6 nitrogen and oxygen atoms in total. The molecule has 112 valence electrons. The van der Waals surface area contributed by atoms with Crippen molar-refractivity contribution in [1.29, 1.82) is 0 Å². The van der Waals surface area contributed by atoms with Crippen molar-refractivity contribution in [1.82, 2.24) is 0 Å². The maximum absolute atomic E-state index is 12.3. The van der Waals surface area contributed by atoms with Gasteiger partial charge in [0.1, 0.15) is 0 Å². The predicted octanol–water partition coefficient (Wildman–Crippen LogP) is 2.47. The second-order valence-electron chi connectivity index (χ2n) is 4.66. The number of aliphatic carboxylic acids is 2. The third-order valence-electron chi connectivity index (χ3n) is 3.19. The van der Waals surface area contributed by atoms with Gasteiger partial charge in [-0.25, -0.2) is 0 Å². The van der Waals surface area contributed by atoms with Gasteiger partial charge in [-0.15, -0.1) is 0 Å². The number of hydrogen-bond acceptors (Lipinski definition) is 4. The number of carboxylic acid groups (broad SMARTS) is 2. The Morgan fingerprint density at radius 1 is 1.40 bits per heavy atom. The minimum atomic E-state index is -3.71. The van der Waals surface area contributed by atoms with E-state index >= 15 is 0 Å². The summed E-state index contributed by atoms with van der Waals surface area (Å²) in [7, 11) is -3.71. The molecule has 0 bridgehead atoms. The van der Waals surface area contributed by atoms with E-state index in [2.05, 4.69) is 0 Å². The summed E-state index contributed by atoms with van der Waals surface area (Å²) < 4.78 is 12.3. The minimum absolute atomic E-state index is 0.0888. The lowest BCUT2D eigenvalue weighted by atomic mass is 10.0. The number of rotatable bonds is 8. The monoisotopic (exact) mass is 320 g/mol. The van der Waals surface area contributed by atoms with E-state index in [4.69, 9.17) is 10.2 Å². The van der Waals surface area contributed by atoms with Crippen molar-refractivity contribution in [2.45, 2.75) is 31.6 Å². The molecule has 3 atom stereocenters. The fourth-order valence-corrected chi connectivity index (χ4v) is 4.56. The highest BCUT2D eigenvalue weighted by Gasteiger charge is 2.37. The van der Waals surface area contributed by atoms with Gasteiger partial charge in [0.2, 0.25) is 7.37 Å². The van der Waals surface area contributed by atoms with Gasteiger partial charge in [0, 0.05) is 12.1 Å². The molecule has 0 radical (unpaired) electrons. The first-order chi connectivity index (χ1) is 9.24. The summed E-state index contributed by atoms with van der Waals surface area (Å²) in [5.74, 6) is -3.49. The van der Waals surface area contributed by atoms with E-state index in [1.807, 2.05) is 0 Å². The molecule has 1 heterocycles. The lowest BCUT2D eigenvalue weighted by molar-refractivity contribution is -0.142. The van der Waals surface area contributed by atoms with E-state index in [-0.39, 0.29) is 19.0 Å². The molecule has 0 aliphatic rings. The zero-order chi connectivity index (χ0) is 15.3. The van der Waals surface area contributed by atoms with Crippen LogP contribution in [-0.4, -0.2) is 32.7 Å². The third-order valence-corrected chi connectivity index (χ3v) is 6.38. The van der Waals surface area contributed by atoms with Crippen LogP contribution in [0.3, 0.4) is 0 Å². The first kappa shape index (κ1) is 16.9. The van der Waals surface area contributed by atoms with Gasteiger partial charge in [-0.2, -0.15) is 11.3 Å². The summed E-state index contributed by atoms with van der Waals surface area (Å²) in [6.07, 6.45) is -0.575. The standard InChI is InChI=1S/C12H17O6PS/c1-8(10(12(15)16)2-3-11(13)14)19(17,18)6-9-4-5-20-7-9/h4-5,7-8,10H,2-3,6H2,1H3,(H,13,14)(H,15,16)(H,17,18). The largest absolute Gasteiger partial charge is 0.481 e. The molecule has 1 aromatic rings. The fourth-order valence-electron chi connectivity index (χ4n) is 1.92. The van der Waals surface area contributed by atoms with Crippen molar-refractivity contribution < 1.29 is 29.3 Å². The minimum Gasteiger partial charge on any atom is -0.481 e. The molecular weight excluding hydrogens is 303 g/mol. The van der Waals surface area contributed by atoms with Crippen LogP contribution < -0.4 is 0 Å². The highest BCUT2D eigenvalue weighted by atomic mass is 32.1. The molecule has 3 unspecified atom stereocenters. The van der Waals surface area contributed by atoms with E-state index in [1.165, 1.54) is 18.3 Å². The number of thiophene rings is 1. The smallest absolute Gasteiger partial charge is 0.307 e. The normalized spacial score (nSPS) is 17.1. The van der Waals surface area contributed by atoms with Crippen LogP contribution in [0.2, 0.25) is 0 Å². The molecule has 0 saturated heterocycles. The number of hydrogen-bond donors (Lipinski definition) is 3. The maximum atomic E-state index is 12.3. The van der Waals surface area contributed by atoms with Gasteiger partial charge in [0.15, 0.2) is 0 Å². The Bertz CT molecular complexity index is 512. The van der Waals surface area contributed by atoms with E-state index in [9.17, 15) is 19.0 Å².